The standard InChI is InChI=1S/C14H14N2O4/c17-12(10-3-1-7-15-9-10)5-6-13(18)20-14(19)11-4-2-8-16-11/h1,3,5-7,9,11,16H,2,4,8H2/t11-/m0/s1. The molecule has 6 heteroatoms. The van der Waals surface area contributed by atoms with Gasteiger partial charge in [0.25, 0.3) is 0 Å². The summed E-state index contributed by atoms with van der Waals surface area (Å²) in [6.45, 7) is 0.739. The van der Waals surface area contributed by atoms with Crippen molar-refractivity contribution in [2.75, 3.05) is 6.54 Å². The molecule has 1 aromatic heterocycles. The fourth-order valence-corrected chi connectivity index (χ4v) is 1.84. The molecule has 0 radical (unpaired) electrons. The molecule has 1 atom stereocenters. The van der Waals surface area contributed by atoms with Gasteiger partial charge in [-0.3, -0.25) is 9.78 Å². The molecule has 1 aliphatic heterocycles. The first-order chi connectivity index (χ1) is 9.66. The first-order valence-corrected chi connectivity index (χ1v) is 6.28. The molecule has 1 fully saturated rings. The van der Waals surface area contributed by atoms with Gasteiger partial charge in [0.1, 0.15) is 6.04 Å². The summed E-state index contributed by atoms with van der Waals surface area (Å²) in [6.07, 6.45) is 6.48. The molecule has 1 N–H and O–H groups in total. The lowest BCUT2D eigenvalue weighted by atomic mass is 10.2. The number of allylic oxidation sites excluding steroid dienone is 1. The Morgan fingerprint density at radius 1 is 1.35 bits per heavy atom. The number of ether oxygens (including phenoxy) is 1. The number of carbonyl (C=O) groups excluding carboxylic acids is 3. The Morgan fingerprint density at radius 3 is 2.85 bits per heavy atom. The van der Waals surface area contributed by atoms with Crippen molar-refractivity contribution in [1.29, 1.82) is 0 Å². The zero-order valence-electron chi connectivity index (χ0n) is 10.7. The van der Waals surface area contributed by atoms with Crippen LogP contribution in [0.3, 0.4) is 0 Å². The third-order valence-corrected chi connectivity index (χ3v) is 2.86. The summed E-state index contributed by atoms with van der Waals surface area (Å²) in [6, 6.07) is 2.77. The lowest BCUT2D eigenvalue weighted by molar-refractivity contribution is -0.157. The highest BCUT2D eigenvalue weighted by Crippen LogP contribution is 2.07. The number of aromatic nitrogens is 1. The fourth-order valence-electron chi connectivity index (χ4n) is 1.84. The number of ketones is 1. The van der Waals surface area contributed by atoms with E-state index in [1.807, 2.05) is 0 Å². The van der Waals surface area contributed by atoms with E-state index < -0.39 is 18.0 Å². The minimum atomic E-state index is -0.846. The summed E-state index contributed by atoms with van der Waals surface area (Å²) < 4.78 is 4.63. The maximum atomic E-state index is 11.7. The number of hydrogen-bond acceptors (Lipinski definition) is 6. The quantitative estimate of drug-likeness (QED) is 0.375. The summed E-state index contributed by atoms with van der Waals surface area (Å²) >= 11 is 0. The van der Waals surface area contributed by atoms with Gasteiger partial charge in [-0.15, -0.1) is 0 Å². The van der Waals surface area contributed by atoms with Crippen molar-refractivity contribution in [3.05, 3.63) is 42.2 Å². The smallest absolute Gasteiger partial charge is 0.338 e. The van der Waals surface area contributed by atoms with Crippen LogP contribution in [-0.2, 0) is 14.3 Å². The molecule has 2 heterocycles. The van der Waals surface area contributed by atoms with Crippen LogP contribution in [-0.4, -0.2) is 35.3 Å². The molecule has 0 aliphatic carbocycles. The highest BCUT2D eigenvalue weighted by Gasteiger charge is 2.24. The predicted octanol–water partition coefficient (Wildman–Crippen LogP) is 0.642. The molecular weight excluding hydrogens is 260 g/mol. The maximum Gasteiger partial charge on any atom is 0.338 e. The number of esters is 2. The number of nitrogens with zero attached hydrogens (tertiary/aromatic N) is 1. The average molecular weight is 274 g/mol. The Kier molecular flexibility index (Phi) is 4.73. The van der Waals surface area contributed by atoms with Gasteiger partial charge in [0.2, 0.25) is 0 Å². The van der Waals surface area contributed by atoms with Crippen LogP contribution in [0.4, 0.5) is 0 Å². The molecule has 1 aromatic rings. The maximum absolute atomic E-state index is 11.7. The van der Waals surface area contributed by atoms with Crippen molar-refractivity contribution in [2.45, 2.75) is 18.9 Å². The Morgan fingerprint density at radius 2 is 2.20 bits per heavy atom. The zero-order valence-corrected chi connectivity index (χ0v) is 10.7. The molecule has 0 saturated carbocycles. The third kappa shape index (κ3) is 3.83. The second-order valence-corrected chi connectivity index (χ2v) is 4.33. The molecule has 0 spiro atoms. The number of rotatable bonds is 4. The number of nitrogens with one attached hydrogen (secondary N) is 1. The van der Waals surface area contributed by atoms with E-state index in [0.29, 0.717) is 12.0 Å². The number of pyridine rings is 1. The van der Waals surface area contributed by atoms with Gasteiger partial charge in [0.15, 0.2) is 5.78 Å². The van der Waals surface area contributed by atoms with Crippen molar-refractivity contribution in [2.24, 2.45) is 0 Å². The van der Waals surface area contributed by atoms with Gasteiger partial charge in [-0.1, -0.05) is 0 Å². The van der Waals surface area contributed by atoms with E-state index in [-0.39, 0.29) is 5.78 Å². The molecule has 0 unspecified atom stereocenters. The second-order valence-electron chi connectivity index (χ2n) is 4.33. The summed E-state index contributed by atoms with van der Waals surface area (Å²) in [5.41, 5.74) is 0.361. The van der Waals surface area contributed by atoms with E-state index in [2.05, 4.69) is 15.0 Å². The van der Waals surface area contributed by atoms with E-state index in [1.54, 1.807) is 18.3 Å². The van der Waals surface area contributed by atoms with Gasteiger partial charge in [-0.2, -0.15) is 0 Å². The molecule has 0 aromatic carbocycles. The topological polar surface area (TPSA) is 85.4 Å². The molecule has 1 aliphatic rings. The van der Waals surface area contributed by atoms with E-state index in [4.69, 9.17) is 0 Å². The summed E-state index contributed by atoms with van der Waals surface area (Å²) in [7, 11) is 0. The Balaban J connectivity index is 1.86. The van der Waals surface area contributed by atoms with E-state index >= 15 is 0 Å². The summed E-state index contributed by atoms with van der Waals surface area (Å²) in [5.74, 6) is -1.83. The first-order valence-electron chi connectivity index (χ1n) is 6.28. The van der Waals surface area contributed by atoms with Crippen molar-refractivity contribution >= 4 is 17.7 Å². The fraction of sp³-hybridized carbons (Fsp3) is 0.286. The third-order valence-electron chi connectivity index (χ3n) is 2.86. The summed E-state index contributed by atoms with van der Waals surface area (Å²) in [4.78, 5) is 38.4. The lowest BCUT2D eigenvalue weighted by Crippen LogP contribution is -2.33. The molecule has 104 valence electrons. The van der Waals surface area contributed by atoms with Crippen LogP contribution < -0.4 is 5.32 Å². The lowest BCUT2D eigenvalue weighted by Gasteiger charge is -2.06. The molecule has 6 nitrogen and oxygen atoms in total. The summed E-state index contributed by atoms with van der Waals surface area (Å²) in [5, 5.41) is 2.93. The van der Waals surface area contributed by atoms with Crippen LogP contribution in [0.1, 0.15) is 23.2 Å². The minimum absolute atomic E-state index is 0.361. The van der Waals surface area contributed by atoms with Gasteiger partial charge in [-0.25, -0.2) is 9.59 Å². The van der Waals surface area contributed by atoms with E-state index in [1.165, 1.54) is 6.20 Å². The SMILES string of the molecule is O=C(C=CC(=O)c1cccnc1)OC(=O)[C@@H]1CCCN1. The van der Waals surface area contributed by atoms with Crippen molar-refractivity contribution in [1.82, 2.24) is 10.3 Å². The minimum Gasteiger partial charge on any atom is -0.389 e. The Labute approximate surface area is 115 Å². The highest BCUT2D eigenvalue weighted by molar-refractivity contribution is 6.07. The van der Waals surface area contributed by atoms with Crippen molar-refractivity contribution in [3.63, 3.8) is 0 Å². The molecular formula is C14H14N2O4. The Hall–Kier alpha value is -2.34. The predicted molar refractivity (Wildman–Crippen MR) is 69.8 cm³/mol. The van der Waals surface area contributed by atoms with Gasteiger partial charge in [0, 0.05) is 24.0 Å². The van der Waals surface area contributed by atoms with Crippen molar-refractivity contribution in [3.8, 4) is 0 Å². The van der Waals surface area contributed by atoms with Crippen LogP contribution in [0.2, 0.25) is 0 Å². The number of carbonyl (C=O) groups is 3. The van der Waals surface area contributed by atoms with Gasteiger partial charge < -0.3 is 10.1 Å². The van der Waals surface area contributed by atoms with Crippen LogP contribution in [0, 0.1) is 0 Å². The normalized spacial score (nSPS) is 18.1. The number of hydrogen-bond donors (Lipinski definition) is 1. The van der Waals surface area contributed by atoms with Crippen molar-refractivity contribution < 1.29 is 19.1 Å². The first kappa shape index (κ1) is 14.1. The molecule has 2 rings (SSSR count). The van der Waals surface area contributed by atoms with Gasteiger partial charge in [-0.05, 0) is 37.6 Å². The molecule has 0 amide bonds. The highest BCUT2D eigenvalue weighted by atomic mass is 16.6. The van der Waals surface area contributed by atoms with Gasteiger partial charge in [0.05, 0.1) is 0 Å². The van der Waals surface area contributed by atoms with Crippen LogP contribution >= 0.6 is 0 Å². The van der Waals surface area contributed by atoms with E-state index in [0.717, 1.165) is 25.1 Å². The van der Waals surface area contributed by atoms with E-state index in [9.17, 15) is 14.4 Å². The van der Waals surface area contributed by atoms with Crippen LogP contribution in [0.5, 0.6) is 0 Å². The Bertz CT molecular complexity index is 533. The molecule has 1 saturated heterocycles. The van der Waals surface area contributed by atoms with Crippen LogP contribution in [0.25, 0.3) is 0 Å². The second kappa shape index (κ2) is 6.72. The molecule has 0 bridgehead atoms. The largest absolute Gasteiger partial charge is 0.389 e. The van der Waals surface area contributed by atoms with Crippen LogP contribution in [0.15, 0.2) is 36.7 Å². The zero-order chi connectivity index (χ0) is 14.4. The monoisotopic (exact) mass is 274 g/mol. The average Bonchev–Trinajstić information content (AvgIpc) is 3.00. The molecule has 20 heavy (non-hydrogen) atoms. The van der Waals surface area contributed by atoms with Gasteiger partial charge >= 0.3 is 11.9 Å².